The number of sulfonamides is 1. The Balaban J connectivity index is 1.40. The van der Waals surface area contributed by atoms with Gasteiger partial charge in [0.2, 0.25) is 0 Å². The number of hydrogen-bond donors (Lipinski definition) is 2. The fourth-order valence-electron chi connectivity index (χ4n) is 5.94. The molecule has 2 amide bonds. The fourth-order valence-corrected chi connectivity index (χ4v) is 6.79. The van der Waals surface area contributed by atoms with Crippen LogP contribution in [-0.2, 0) is 21.9 Å². The Morgan fingerprint density at radius 2 is 1.58 bits per heavy atom. The van der Waals surface area contributed by atoms with Gasteiger partial charge < -0.3 is 9.47 Å². The molecule has 11 nitrogen and oxygen atoms in total. The van der Waals surface area contributed by atoms with Crippen molar-refractivity contribution < 1.29 is 22.9 Å². The topological polar surface area (TPSA) is 144 Å². The average Bonchev–Trinajstić information content (AvgIpc) is 3.50. The predicted molar refractivity (Wildman–Crippen MR) is 169 cm³/mol. The molecular formula is C33H29N5O6S. The molecule has 0 radical (unpaired) electrons. The number of carbonyl (C=O) groups excluding carboxylic acids is 2. The molecule has 1 aliphatic heterocycles. The van der Waals surface area contributed by atoms with E-state index in [0.717, 1.165) is 63.1 Å². The zero-order chi connectivity index (χ0) is 32.0. The number of hydrazine groups is 1. The van der Waals surface area contributed by atoms with E-state index in [-0.39, 0.29) is 16.5 Å². The summed E-state index contributed by atoms with van der Waals surface area (Å²) in [5.74, 6) is -1.12. The van der Waals surface area contributed by atoms with Crippen molar-refractivity contribution in [2.24, 2.45) is 7.05 Å². The lowest BCUT2D eigenvalue weighted by Crippen LogP contribution is -2.52. The zero-order valence-corrected chi connectivity index (χ0v) is 25.4. The van der Waals surface area contributed by atoms with Crippen LogP contribution in [0.25, 0.3) is 22.2 Å². The first-order valence-electron chi connectivity index (χ1n) is 14.1. The van der Waals surface area contributed by atoms with Crippen molar-refractivity contribution >= 4 is 38.4 Å². The summed E-state index contributed by atoms with van der Waals surface area (Å²) in [7, 11) is -2.30. The Morgan fingerprint density at radius 1 is 0.933 bits per heavy atom. The molecule has 2 N–H and O–H groups in total. The maximum Gasteiger partial charge on any atom is 0.269 e. The molecule has 0 saturated carbocycles. The summed E-state index contributed by atoms with van der Waals surface area (Å²) in [4.78, 5) is 41.2. The van der Waals surface area contributed by atoms with Crippen molar-refractivity contribution in [3.05, 3.63) is 129 Å². The van der Waals surface area contributed by atoms with Crippen molar-refractivity contribution in [2.75, 3.05) is 0 Å². The van der Waals surface area contributed by atoms with Crippen molar-refractivity contribution in [3.63, 3.8) is 0 Å². The van der Waals surface area contributed by atoms with Crippen LogP contribution in [0.1, 0.15) is 40.0 Å². The van der Waals surface area contributed by atoms with Crippen LogP contribution in [0.4, 0.5) is 5.69 Å². The summed E-state index contributed by atoms with van der Waals surface area (Å²) in [5, 5.41) is 11.9. The standard InChI is InChI=1S/C33H29N5O6S/c1-20-12-14-22(15-13-20)30-29(27-10-6-7-11-28(27)36(30)3)31-25-8-4-5-9-26(25)33(40)37(31)21(2)32(39)34-35-45(43,44)24-18-16-23(17-19-24)38(41)42/h4-19,21,31,35H,1-3H3,(H,34,39). The highest BCUT2D eigenvalue weighted by molar-refractivity contribution is 7.89. The summed E-state index contributed by atoms with van der Waals surface area (Å²) in [6.45, 7) is 3.55. The van der Waals surface area contributed by atoms with Crippen LogP contribution >= 0.6 is 0 Å². The molecule has 2 unspecified atom stereocenters. The SMILES string of the molecule is Cc1ccc(-c2c(C3c4ccccc4C(=O)N3C(C)C(=O)NNS(=O)(=O)c3ccc([N+](=O)[O-])cc3)c3ccccc3n2C)cc1. The van der Waals surface area contributed by atoms with Gasteiger partial charge in [-0.1, -0.05) is 66.2 Å². The number of aryl methyl sites for hydroxylation is 2. The van der Waals surface area contributed by atoms with Gasteiger partial charge in [-0.15, -0.1) is 4.83 Å². The van der Waals surface area contributed by atoms with E-state index in [1.165, 1.54) is 4.90 Å². The summed E-state index contributed by atoms with van der Waals surface area (Å²) in [6.07, 6.45) is 0. The molecule has 12 heteroatoms. The van der Waals surface area contributed by atoms with Crippen molar-refractivity contribution in [3.8, 4) is 11.3 Å². The van der Waals surface area contributed by atoms with Gasteiger partial charge in [-0.25, -0.2) is 8.42 Å². The molecule has 1 aromatic heterocycles. The third kappa shape index (κ3) is 5.13. The van der Waals surface area contributed by atoms with E-state index in [2.05, 4.69) is 14.8 Å². The minimum Gasteiger partial charge on any atom is -0.343 e. The maximum atomic E-state index is 14.0. The van der Waals surface area contributed by atoms with Crippen molar-refractivity contribution in [2.45, 2.75) is 30.8 Å². The van der Waals surface area contributed by atoms with Crippen molar-refractivity contribution in [1.29, 1.82) is 0 Å². The van der Waals surface area contributed by atoms with Gasteiger partial charge in [0.05, 0.1) is 21.6 Å². The summed E-state index contributed by atoms with van der Waals surface area (Å²) < 4.78 is 27.9. The van der Waals surface area contributed by atoms with Gasteiger partial charge in [-0.2, -0.15) is 0 Å². The number of nitro groups is 1. The minimum atomic E-state index is -4.27. The number of benzene rings is 4. The molecule has 0 aliphatic carbocycles. The molecule has 0 spiro atoms. The Labute approximate surface area is 259 Å². The van der Waals surface area contributed by atoms with Crippen LogP contribution in [0.3, 0.4) is 0 Å². The number of hydrogen-bond acceptors (Lipinski definition) is 6. The monoisotopic (exact) mass is 623 g/mol. The molecule has 228 valence electrons. The second-order valence-electron chi connectivity index (χ2n) is 10.9. The summed E-state index contributed by atoms with van der Waals surface area (Å²) in [5.41, 5.74) is 7.89. The van der Waals surface area contributed by atoms with Gasteiger partial charge in [0.25, 0.3) is 27.5 Å². The van der Waals surface area contributed by atoms with E-state index in [1.807, 2.05) is 74.6 Å². The lowest BCUT2D eigenvalue weighted by Gasteiger charge is -2.31. The highest BCUT2D eigenvalue weighted by atomic mass is 32.2. The zero-order valence-electron chi connectivity index (χ0n) is 24.6. The number of nitrogens with one attached hydrogen (secondary N) is 2. The molecule has 5 aromatic rings. The van der Waals surface area contributed by atoms with Crippen LogP contribution in [0.2, 0.25) is 0 Å². The molecule has 0 saturated heterocycles. The largest absolute Gasteiger partial charge is 0.343 e. The lowest BCUT2D eigenvalue weighted by atomic mass is 9.92. The Bertz CT molecular complexity index is 2090. The Morgan fingerprint density at radius 3 is 2.27 bits per heavy atom. The first-order chi connectivity index (χ1) is 21.5. The first-order valence-corrected chi connectivity index (χ1v) is 15.6. The quantitative estimate of drug-likeness (QED) is 0.184. The molecule has 6 rings (SSSR count). The molecule has 0 fully saturated rings. The molecule has 2 atom stereocenters. The highest BCUT2D eigenvalue weighted by Crippen LogP contribution is 2.47. The van der Waals surface area contributed by atoms with Crippen LogP contribution in [-0.4, -0.2) is 40.7 Å². The average molecular weight is 624 g/mol. The molecule has 45 heavy (non-hydrogen) atoms. The molecule has 0 bridgehead atoms. The number of para-hydroxylation sites is 1. The van der Waals surface area contributed by atoms with Crippen LogP contribution in [0.5, 0.6) is 0 Å². The predicted octanol–water partition coefficient (Wildman–Crippen LogP) is 5.01. The van der Waals surface area contributed by atoms with E-state index in [9.17, 15) is 28.1 Å². The number of aromatic nitrogens is 1. The third-order valence-corrected chi connectivity index (χ3v) is 9.47. The van der Waals surface area contributed by atoms with Gasteiger partial charge in [0.1, 0.15) is 6.04 Å². The molecule has 4 aromatic carbocycles. The third-order valence-electron chi connectivity index (χ3n) is 8.21. The number of nitrogens with zero attached hydrogens (tertiary/aromatic N) is 3. The number of amides is 2. The minimum absolute atomic E-state index is 0.275. The Hall–Kier alpha value is -5.33. The number of carbonyl (C=O) groups is 2. The molecular weight excluding hydrogens is 594 g/mol. The van der Waals surface area contributed by atoms with Gasteiger partial charge in [-0.3, -0.25) is 25.1 Å². The van der Waals surface area contributed by atoms with E-state index in [1.54, 1.807) is 19.1 Å². The van der Waals surface area contributed by atoms with Gasteiger partial charge in [0.15, 0.2) is 0 Å². The summed E-state index contributed by atoms with van der Waals surface area (Å²) in [6, 6.07) is 25.7. The second kappa shape index (κ2) is 11.3. The lowest BCUT2D eigenvalue weighted by molar-refractivity contribution is -0.384. The van der Waals surface area contributed by atoms with Crippen LogP contribution in [0.15, 0.2) is 102 Å². The second-order valence-corrected chi connectivity index (χ2v) is 12.6. The van der Waals surface area contributed by atoms with Crippen LogP contribution < -0.4 is 10.3 Å². The van der Waals surface area contributed by atoms with E-state index in [4.69, 9.17) is 0 Å². The maximum absolute atomic E-state index is 14.0. The Kier molecular flexibility index (Phi) is 7.47. The number of fused-ring (bicyclic) bond motifs is 2. The van der Waals surface area contributed by atoms with Gasteiger partial charge in [-0.05, 0) is 49.2 Å². The van der Waals surface area contributed by atoms with Crippen molar-refractivity contribution in [1.82, 2.24) is 19.7 Å². The van der Waals surface area contributed by atoms with E-state index >= 15 is 0 Å². The number of nitro benzene ring substituents is 1. The summed E-state index contributed by atoms with van der Waals surface area (Å²) >= 11 is 0. The fraction of sp³-hybridized carbons (Fsp3) is 0.152. The normalized spacial score (nSPS) is 15.2. The smallest absolute Gasteiger partial charge is 0.269 e. The molecule has 2 heterocycles. The number of rotatable bonds is 8. The number of non-ortho nitro benzene ring substituents is 1. The van der Waals surface area contributed by atoms with Gasteiger partial charge >= 0.3 is 0 Å². The van der Waals surface area contributed by atoms with E-state index < -0.39 is 32.9 Å². The molecule has 1 aliphatic rings. The first kappa shape index (κ1) is 29.7. The van der Waals surface area contributed by atoms with Crippen LogP contribution in [0, 0.1) is 17.0 Å². The van der Waals surface area contributed by atoms with Gasteiger partial charge in [0, 0.05) is 41.2 Å². The van der Waals surface area contributed by atoms with E-state index in [0.29, 0.717) is 5.56 Å². The highest BCUT2D eigenvalue weighted by Gasteiger charge is 2.44.